The van der Waals surface area contributed by atoms with Gasteiger partial charge in [0.25, 0.3) is 5.91 Å². The highest BCUT2D eigenvalue weighted by molar-refractivity contribution is 7.89. The van der Waals surface area contributed by atoms with E-state index < -0.39 is 10.0 Å². The molecule has 2 N–H and O–H groups in total. The van der Waals surface area contributed by atoms with Crippen molar-refractivity contribution in [2.75, 3.05) is 31.9 Å². The Bertz CT molecular complexity index is 1180. The Morgan fingerprint density at radius 3 is 2.38 bits per heavy atom. The standard InChI is InChI=1S/C19H21N5O3S2/c1-12-13(2)21-22-18-15(12)16(20)17(28-18)19(25)23-8-10-24(11-9-23)29(26,27)14-6-4-3-5-7-14/h3-7H,8-11,20H2,1-2H3. The molecule has 1 saturated heterocycles. The number of thiophene rings is 1. The van der Waals surface area contributed by atoms with E-state index in [9.17, 15) is 13.2 Å². The molecule has 1 amide bonds. The highest BCUT2D eigenvalue weighted by atomic mass is 32.2. The van der Waals surface area contributed by atoms with Gasteiger partial charge < -0.3 is 10.6 Å². The molecule has 4 rings (SSSR count). The Labute approximate surface area is 173 Å². The summed E-state index contributed by atoms with van der Waals surface area (Å²) in [5, 5.41) is 9.04. The number of anilines is 1. The van der Waals surface area contributed by atoms with Gasteiger partial charge in [-0.15, -0.1) is 16.4 Å². The van der Waals surface area contributed by atoms with Crippen molar-refractivity contribution < 1.29 is 13.2 Å². The summed E-state index contributed by atoms with van der Waals surface area (Å²) in [5.41, 5.74) is 8.40. The molecule has 8 nitrogen and oxygen atoms in total. The molecule has 3 heterocycles. The molecule has 29 heavy (non-hydrogen) atoms. The molecule has 1 aliphatic heterocycles. The first-order valence-corrected chi connectivity index (χ1v) is 11.4. The lowest BCUT2D eigenvalue weighted by Gasteiger charge is -2.33. The van der Waals surface area contributed by atoms with E-state index in [0.717, 1.165) is 16.6 Å². The van der Waals surface area contributed by atoms with Crippen LogP contribution in [0.4, 0.5) is 5.69 Å². The van der Waals surface area contributed by atoms with E-state index in [-0.39, 0.29) is 23.9 Å². The van der Waals surface area contributed by atoms with Gasteiger partial charge >= 0.3 is 0 Å². The summed E-state index contributed by atoms with van der Waals surface area (Å²) in [4.78, 5) is 16.0. The number of benzene rings is 1. The van der Waals surface area contributed by atoms with Crippen LogP contribution in [0.2, 0.25) is 0 Å². The fraction of sp³-hybridized carbons (Fsp3) is 0.316. The van der Waals surface area contributed by atoms with Gasteiger partial charge in [0, 0.05) is 31.6 Å². The molecular formula is C19H21N5O3S2. The minimum absolute atomic E-state index is 0.195. The molecule has 1 aromatic carbocycles. The number of nitrogens with two attached hydrogens (primary N) is 1. The Kier molecular flexibility index (Phi) is 5.01. The van der Waals surface area contributed by atoms with Crippen LogP contribution >= 0.6 is 11.3 Å². The van der Waals surface area contributed by atoms with Gasteiger partial charge in [0.15, 0.2) is 0 Å². The molecule has 0 aliphatic carbocycles. The molecule has 0 unspecified atom stereocenters. The van der Waals surface area contributed by atoms with Crippen molar-refractivity contribution in [3.63, 3.8) is 0 Å². The van der Waals surface area contributed by atoms with Gasteiger partial charge in [-0.3, -0.25) is 4.79 Å². The third-order valence-electron chi connectivity index (χ3n) is 5.24. The van der Waals surface area contributed by atoms with Crippen molar-refractivity contribution in [1.82, 2.24) is 19.4 Å². The average molecular weight is 432 g/mol. The Hall–Kier alpha value is -2.56. The maximum atomic E-state index is 13.1. The Morgan fingerprint density at radius 2 is 1.72 bits per heavy atom. The molecule has 0 radical (unpaired) electrons. The number of nitrogen functional groups attached to an aromatic ring is 1. The van der Waals surface area contributed by atoms with Gasteiger partial charge in [0.2, 0.25) is 10.0 Å². The SMILES string of the molecule is Cc1nnc2sc(C(=O)N3CCN(S(=O)(=O)c4ccccc4)CC3)c(N)c2c1C. The molecule has 1 fully saturated rings. The molecule has 2 aromatic heterocycles. The number of carbonyl (C=O) groups is 1. The third-order valence-corrected chi connectivity index (χ3v) is 8.23. The summed E-state index contributed by atoms with van der Waals surface area (Å²) in [6, 6.07) is 8.33. The number of carbonyl (C=O) groups excluding carboxylic acids is 1. The van der Waals surface area contributed by atoms with Gasteiger partial charge in [-0.2, -0.15) is 9.40 Å². The van der Waals surface area contributed by atoms with Crippen molar-refractivity contribution in [1.29, 1.82) is 0 Å². The van der Waals surface area contributed by atoms with Crippen LogP contribution in [0.5, 0.6) is 0 Å². The quantitative estimate of drug-likeness (QED) is 0.680. The van der Waals surface area contributed by atoms with Crippen molar-refractivity contribution in [3.05, 3.63) is 46.5 Å². The number of hydrogen-bond acceptors (Lipinski definition) is 7. The van der Waals surface area contributed by atoms with Crippen LogP contribution in [0.1, 0.15) is 20.9 Å². The summed E-state index contributed by atoms with van der Waals surface area (Å²) < 4.78 is 26.9. The lowest BCUT2D eigenvalue weighted by Crippen LogP contribution is -2.50. The van der Waals surface area contributed by atoms with E-state index in [1.54, 1.807) is 35.2 Å². The van der Waals surface area contributed by atoms with Crippen molar-refractivity contribution in [3.8, 4) is 0 Å². The lowest BCUT2D eigenvalue weighted by molar-refractivity contribution is 0.0704. The maximum absolute atomic E-state index is 13.1. The Morgan fingerprint density at radius 1 is 1.07 bits per heavy atom. The van der Waals surface area contributed by atoms with Gasteiger partial charge in [0.05, 0.1) is 16.3 Å². The second-order valence-corrected chi connectivity index (χ2v) is 9.88. The first-order chi connectivity index (χ1) is 13.8. The second kappa shape index (κ2) is 7.36. The number of aryl methyl sites for hydroxylation is 2. The van der Waals surface area contributed by atoms with E-state index in [0.29, 0.717) is 28.5 Å². The molecule has 0 bridgehead atoms. The number of rotatable bonds is 3. The molecule has 152 valence electrons. The van der Waals surface area contributed by atoms with E-state index in [4.69, 9.17) is 5.73 Å². The van der Waals surface area contributed by atoms with Crippen LogP contribution in [0.25, 0.3) is 10.2 Å². The smallest absolute Gasteiger partial charge is 0.266 e. The third kappa shape index (κ3) is 3.37. The summed E-state index contributed by atoms with van der Waals surface area (Å²) in [5.74, 6) is -0.195. The zero-order valence-electron chi connectivity index (χ0n) is 16.1. The van der Waals surface area contributed by atoms with Crippen molar-refractivity contribution in [2.24, 2.45) is 0 Å². The normalized spacial score (nSPS) is 15.7. The number of fused-ring (bicyclic) bond motifs is 1. The van der Waals surface area contributed by atoms with Gasteiger partial charge in [0.1, 0.15) is 9.71 Å². The minimum atomic E-state index is -3.56. The predicted octanol–water partition coefficient (Wildman–Crippen LogP) is 2.04. The Balaban J connectivity index is 1.54. The van der Waals surface area contributed by atoms with E-state index >= 15 is 0 Å². The largest absolute Gasteiger partial charge is 0.397 e. The minimum Gasteiger partial charge on any atom is -0.397 e. The molecule has 0 atom stereocenters. The van der Waals surface area contributed by atoms with Crippen LogP contribution in [-0.2, 0) is 10.0 Å². The van der Waals surface area contributed by atoms with E-state index in [1.807, 2.05) is 13.8 Å². The molecule has 0 saturated carbocycles. The maximum Gasteiger partial charge on any atom is 0.266 e. The molecular weight excluding hydrogens is 410 g/mol. The topological polar surface area (TPSA) is 109 Å². The molecule has 1 aliphatic rings. The number of sulfonamides is 1. The zero-order chi connectivity index (χ0) is 20.8. The molecule has 0 spiro atoms. The van der Waals surface area contributed by atoms with Gasteiger partial charge in [-0.25, -0.2) is 8.42 Å². The first-order valence-electron chi connectivity index (χ1n) is 9.17. The van der Waals surface area contributed by atoms with Crippen molar-refractivity contribution in [2.45, 2.75) is 18.7 Å². The lowest BCUT2D eigenvalue weighted by atomic mass is 10.1. The van der Waals surface area contributed by atoms with Crippen LogP contribution in [-0.4, -0.2) is 59.9 Å². The zero-order valence-corrected chi connectivity index (χ0v) is 17.8. The predicted molar refractivity (Wildman–Crippen MR) is 112 cm³/mol. The van der Waals surface area contributed by atoms with Crippen LogP contribution in [0.15, 0.2) is 35.2 Å². The number of aromatic nitrogens is 2. The number of hydrogen-bond donors (Lipinski definition) is 1. The van der Waals surface area contributed by atoms with Crippen LogP contribution in [0.3, 0.4) is 0 Å². The highest BCUT2D eigenvalue weighted by Crippen LogP contribution is 2.35. The van der Waals surface area contributed by atoms with Crippen LogP contribution < -0.4 is 5.73 Å². The number of piperazine rings is 1. The number of nitrogens with zero attached hydrogens (tertiary/aromatic N) is 4. The summed E-state index contributed by atoms with van der Waals surface area (Å²) >= 11 is 1.23. The average Bonchev–Trinajstić information content (AvgIpc) is 3.08. The molecule has 3 aromatic rings. The van der Waals surface area contributed by atoms with Crippen LogP contribution in [0, 0.1) is 13.8 Å². The van der Waals surface area contributed by atoms with E-state index in [1.165, 1.54) is 15.6 Å². The van der Waals surface area contributed by atoms with Crippen molar-refractivity contribution >= 4 is 43.2 Å². The monoisotopic (exact) mass is 431 g/mol. The summed E-state index contributed by atoms with van der Waals surface area (Å²) in [6.45, 7) is 4.87. The fourth-order valence-corrected chi connectivity index (χ4v) is 5.93. The summed E-state index contributed by atoms with van der Waals surface area (Å²) in [7, 11) is -3.56. The van der Waals surface area contributed by atoms with E-state index in [2.05, 4.69) is 10.2 Å². The summed E-state index contributed by atoms with van der Waals surface area (Å²) in [6.07, 6.45) is 0. The molecule has 10 heteroatoms. The van der Waals surface area contributed by atoms with Gasteiger partial charge in [-0.05, 0) is 31.5 Å². The first kappa shape index (κ1) is 19.7. The van der Waals surface area contributed by atoms with Gasteiger partial charge in [-0.1, -0.05) is 18.2 Å². The fourth-order valence-electron chi connectivity index (χ4n) is 3.42. The highest BCUT2D eigenvalue weighted by Gasteiger charge is 2.32. The number of amides is 1. The second-order valence-electron chi connectivity index (χ2n) is 6.94.